The molecule has 0 unspecified atom stereocenters. The molecule has 2 aromatic rings. The number of nitrogens with one attached hydrogen (secondary N) is 1. The van der Waals surface area contributed by atoms with Crippen LogP contribution in [0.3, 0.4) is 0 Å². The van der Waals surface area contributed by atoms with Crippen LogP contribution in [0.1, 0.15) is 36.0 Å². The van der Waals surface area contributed by atoms with Crippen molar-refractivity contribution >= 4 is 45.4 Å². The quantitative estimate of drug-likeness (QED) is 0.816. The lowest BCUT2D eigenvalue weighted by molar-refractivity contribution is 0.0940. The number of benzene rings is 1. The van der Waals surface area contributed by atoms with Gasteiger partial charge in [-0.25, -0.2) is 0 Å². The van der Waals surface area contributed by atoms with Crippen LogP contribution in [0.2, 0.25) is 10.0 Å². The van der Waals surface area contributed by atoms with Crippen molar-refractivity contribution in [2.24, 2.45) is 0 Å². The van der Waals surface area contributed by atoms with Gasteiger partial charge in [-0.3, -0.25) is 4.79 Å². The molecule has 1 aliphatic carbocycles. The Kier molecular flexibility index (Phi) is 4.62. The summed E-state index contributed by atoms with van der Waals surface area (Å²) in [6.07, 6.45) is 4.42. The molecule has 0 spiro atoms. The van der Waals surface area contributed by atoms with Crippen LogP contribution < -0.4 is 11.1 Å². The molecule has 6 heteroatoms. The molecule has 0 radical (unpaired) electrons. The van der Waals surface area contributed by atoms with Crippen molar-refractivity contribution in [1.29, 1.82) is 0 Å². The molecular weight excluding hydrogens is 339 g/mol. The van der Waals surface area contributed by atoms with Crippen molar-refractivity contribution in [2.75, 3.05) is 5.73 Å². The Bertz CT molecular complexity index is 708. The zero-order valence-electron chi connectivity index (χ0n) is 11.9. The number of carbonyl (C=O) groups excluding carboxylic acids is 1. The molecule has 0 bridgehead atoms. The van der Waals surface area contributed by atoms with E-state index in [-0.39, 0.29) is 11.9 Å². The second-order valence-corrected chi connectivity index (χ2v) is 7.20. The summed E-state index contributed by atoms with van der Waals surface area (Å²) < 4.78 is 0. The zero-order valence-corrected chi connectivity index (χ0v) is 14.2. The summed E-state index contributed by atoms with van der Waals surface area (Å²) in [6, 6.07) is 5.60. The van der Waals surface area contributed by atoms with Gasteiger partial charge in [-0.15, -0.1) is 11.3 Å². The van der Waals surface area contributed by atoms with Gasteiger partial charge in [-0.1, -0.05) is 42.1 Å². The molecule has 0 atom stereocenters. The zero-order chi connectivity index (χ0) is 15.7. The SMILES string of the molecule is Nc1scc(-c2ccc(Cl)c(Cl)c2)c1C(=O)NC1CCCC1. The van der Waals surface area contributed by atoms with E-state index in [2.05, 4.69) is 5.32 Å². The number of amides is 1. The van der Waals surface area contributed by atoms with Crippen LogP contribution in [0.25, 0.3) is 11.1 Å². The average Bonchev–Trinajstić information content (AvgIpc) is 3.11. The smallest absolute Gasteiger partial charge is 0.255 e. The van der Waals surface area contributed by atoms with Gasteiger partial charge < -0.3 is 11.1 Å². The summed E-state index contributed by atoms with van der Waals surface area (Å²) in [5.74, 6) is -0.105. The molecule has 1 aromatic heterocycles. The predicted octanol–water partition coefficient (Wildman–Crippen LogP) is 4.98. The third-order valence-electron chi connectivity index (χ3n) is 3.97. The van der Waals surface area contributed by atoms with Crippen LogP contribution in [-0.2, 0) is 0 Å². The van der Waals surface area contributed by atoms with Gasteiger partial charge >= 0.3 is 0 Å². The number of hydrogen-bond donors (Lipinski definition) is 2. The minimum Gasteiger partial charge on any atom is -0.390 e. The summed E-state index contributed by atoms with van der Waals surface area (Å²) in [4.78, 5) is 12.6. The van der Waals surface area contributed by atoms with Crippen molar-refractivity contribution in [3.63, 3.8) is 0 Å². The number of thiophene rings is 1. The molecule has 116 valence electrons. The molecule has 3 N–H and O–H groups in total. The number of nitrogens with two attached hydrogens (primary N) is 1. The van der Waals surface area contributed by atoms with Gasteiger partial charge in [0.15, 0.2) is 0 Å². The first-order valence-electron chi connectivity index (χ1n) is 7.19. The maximum absolute atomic E-state index is 12.6. The molecular formula is C16H16Cl2N2OS. The molecule has 1 aromatic carbocycles. The molecule has 1 amide bonds. The van der Waals surface area contributed by atoms with E-state index in [4.69, 9.17) is 28.9 Å². The lowest BCUT2D eigenvalue weighted by Gasteiger charge is -2.13. The van der Waals surface area contributed by atoms with E-state index in [0.717, 1.165) is 24.0 Å². The van der Waals surface area contributed by atoms with Crippen molar-refractivity contribution in [3.05, 3.63) is 39.2 Å². The van der Waals surface area contributed by atoms with Crippen molar-refractivity contribution in [1.82, 2.24) is 5.32 Å². The Hall–Kier alpha value is -1.23. The monoisotopic (exact) mass is 354 g/mol. The largest absolute Gasteiger partial charge is 0.390 e. The van der Waals surface area contributed by atoms with E-state index in [9.17, 15) is 4.79 Å². The van der Waals surface area contributed by atoms with Crippen LogP contribution in [0.15, 0.2) is 23.6 Å². The van der Waals surface area contributed by atoms with E-state index >= 15 is 0 Å². The van der Waals surface area contributed by atoms with Crippen molar-refractivity contribution in [2.45, 2.75) is 31.7 Å². The predicted molar refractivity (Wildman–Crippen MR) is 93.9 cm³/mol. The van der Waals surface area contributed by atoms with Crippen LogP contribution in [0, 0.1) is 0 Å². The first-order valence-corrected chi connectivity index (χ1v) is 8.83. The minimum atomic E-state index is -0.105. The average molecular weight is 355 g/mol. The number of anilines is 1. The normalized spacial score (nSPS) is 15.2. The Morgan fingerprint density at radius 2 is 1.95 bits per heavy atom. The Morgan fingerprint density at radius 3 is 2.64 bits per heavy atom. The summed E-state index contributed by atoms with van der Waals surface area (Å²) in [5.41, 5.74) is 8.21. The number of nitrogen functional groups attached to an aromatic ring is 1. The fourth-order valence-corrected chi connectivity index (χ4v) is 3.93. The minimum absolute atomic E-state index is 0.105. The number of carbonyl (C=O) groups is 1. The van der Waals surface area contributed by atoms with Crippen molar-refractivity contribution in [3.8, 4) is 11.1 Å². The Balaban J connectivity index is 1.92. The Morgan fingerprint density at radius 1 is 1.23 bits per heavy atom. The molecule has 3 nitrogen and oxygen atoms in total. The fourth-order valence-electron chi connectivity index (χ4n) is 2.81. The standard InChI is InChI=1S/C16H16Cl2N2OS/c17-12-6-5-9(7-13(12)18)11-8-22-15(19)14(11)16(21)20-10-3-1-2-4-10/h5-8,10H,1-4,19H2,(H,20,21). The first kappa shape index (κ1) is 15.7. The fraction of sp³-hybridized carbons (Fsp3) is 0.312. The number of rotatable bonds is 3. The highest BCUT2D eigenvalue weighted by molar-refractivity contribution is 7.15. The highest BCUT2D eigenvalue weighted by Crippen LogP contribution is 2.36. The molecule has 22 heavy (non-hydrogen) atoms. The third kappa shape index (κ3) is 3.09. The molecule has 0 saturated heterocycles. The summed E-state index contributed by atoms with van der Waals surface area (Å²) in [7, 11) is 0. The van der Waals surface area contributed by atoms with E-state index in [1.54, 1.807) is 12.1 Å². The van der Waals surface area contributed by atoms with Crippen LogP contribution >= 0.6 is 34.5 Å². The first-order chi connectivity index (χ1) is 10.6. The maximum Gasteiger partial charge on any atom is 0.255 e. The topological polar surface area (TPSA) is 55.1 Å². The molecule has 1 fully saturated rings. The molecule has 0 aliphatic heterocycles. The van der Waals surface area contributed by atoms with Gasteiger partial charge in [0.1, 0.15) is 0 Å². The van der Waals surface area contributed by atoms with E-state index in [1.165, 1.54) is 24.2 Å². The van der Waals surface area contributed by atoms with E-state index in [1.807, 2.05) is 11.4 Å². The molecule has 1 aliphatic rings. The van der Waals surface area contributed by atoms with Gasteiger partial charge in [0.2, 0.25) is 0 Å². The van der Waals surface area contributed by atoms with Gasteiger partial charge in [0.25, 0.3) is 5.91 Å². The number of halogens is 2. The summed E-state index contributed by atoms with van der Waals surface area (Å²) in [5, 5.41) is 6.45. The second-order valence-electron chi connectivity index (χ2n) is 5.47. The summed E-state index contributed by atoms with van der Waals surface area (Å²) >= 11 is 13.4. The lowest BCUT2D eigenvalue weighted by atomic mass is 10.0. The Labute approximate surface area is 143 Å². The maximum atomic E-state index is 12.6. The summed E-state index contributed by atoms with van der Waals surface area (Å²) in [6.45, 7) is 0. The van der Waals surface area contributed by atoms with Gasteiger partial charge in [-0.05, 0) is 30.5 Å². The highest BCUT2D eigenvalue weighted by Gasteiger charge is 2.23. The molecule has 1 heterocycles. The second kappa shape index (κ2) is 6.49. The van der Waals surface area contributed by atoms with Gasteiger partial charge in [0.05, 0.1) is 20.6 Å². The molecule has 3 rings (SSSR count). The lowest BCUT2D eigenvalue weighted by Crippen LogP contribution is -2.33. The van der Waals surface area contributed by atoms with Gasteiger partial charge in [0, 0.05) is 17.0 Å². The highest BCUT2D eigenvalue weighted by atomic mass is 35.5. The van der Waals surface area contributed by atoms with Crippen LogP contribution in [0.5, 0.6) is 0 Å². The van der Waals surface area contributed by atoms with Crippen molar-refractivity contribution < 1.29 is 4.79 Å². The number of hydrogen-bond acceptors (Lipinski definition) is 3. The van der Waals surface area contributed by atoms with Crippen LogP contribution in [0.4, 0.5) is 5.00 Å². The van der Waals surface area contributed by atoms with Crippen LogP contribution in [-0.4, -0.2) is 11.9 Å². The van der Waals surface area contributed by atoms with E-state index < -0.39 is 0 Å². The third-order valence-corrected chi connectivity index (χ3v) is 5.52. The van der Waals surface area contributed by atoms with E-state index in [0.29, 0.717) is 20.6 Å². The molecule has 1 saturated carbocycles. The van der Waals surface area contributed by atoms with Gasteiger partial charge in [-0.2, -0.15) is 0 Å².